The number of nitrogens with one attached hydrogen (secondary N) is 1. The standard InChI is InChI=1S/C13H17N3OS/c1-8-5-6-12(16(8)4)13(17)14-9(2)11-7-18-10(3)15-11/h5-7,9H,1-4H3,(H,14,17). The Hall–Kier alpha value is -1.62. The second-order valence-corrected chi connectivity index (χ2v) is 5.47. The smallest absolute Gasteiger partial charge is 0.268 e. The van der Waals surface area contributed by atoms with Crippen LogP contribution in [0.3, 0.4) is 0 Å². The molecule has 18 heavy (non-hydrogen) atoms. The van der Waals surface area contributed by atoms with E-state index >= 15 is 0 Å². The van der Waals surface area contributed by atoms with Gasteiger partial charge in [0.2, 0.25) is 0 Å². The number of hydrogen-bond acceptors (Lipinski definition) is 3. The van der Waals surface area contributed by atoms with Gasteiger partial charge in [0.15, 0.2) is 0 Å². The summed E-state index contributed by atoms with van der Waals surface area (Å²) in [6.07, 6.45) is 0. The van der Waals surface area contributed by atoms with Gasteiger partial charge in [0.1, 0.15) is 5.69 Å². The van der Waals surface area contributed by atoms with Crippen LogP contribution in [0.15, 0.2) is 17.5 Å². The number of thiazole rings is 1. The quantitative estimate of drug-likeness (QED) is 0.925. The Bertz CT molecular complexity index is 571. The molecule has 96 valence electrons. The van der Waals surface area contributed by atoms with E-state index in [1.807, 2.05) is 49.9 Å². The number of rotatable bonds is 3. The van der Waals surface area contributed by atoms with E-state index in [1.165, 1.54) is 0 Å². The zero-order valence-corrected chi connectivity index (χ0v) is 11.8. The second-order valence-electron chi connectivity index (χ2n) is 4.41. The monoisotopic (exact) mass is 263 g/mol. The molecule has 0 aliphatic heterocycles. The van der Waals surface area contributed by atoms with Gasteiger partial charge < -0.3 is 9.88 Å². The summed E-state index contributed by atoms with van der Waals surface area (Å²) in [6.45, 7) is 5.88. The summed E-state index contributed by atoms with van der Waals surface area (Å²) in [5.74, 6) is -0.0660. The van der Waals surface area contributed by atoms with Gasteiger partial charge in [-0.15, -0.1) is 11.3 Å². The van der Waals surface area contributed by atoms with Crippen LogP contribution < -0.4 is 5.32 Å². The van der Waals surface area contributed by atoms with Gasteiger partial charge in [-0.2, -0.15) is 0 Å². The number of aryl methyl sites for hydroxylation is 2. The highest BCUT2D eigenvalue weighted by Gasteiger charge is 2.16. The molecule has 2 rings (SSSR count). The highest BCUT2D eigenvalue weighted by Crippen LogP contribution is 2.16. The average molecular weight is 263 g/mol. The van der Waals surface area contributed by atoms with E-state index < -0.39 is 0 Å². The van der Waals surface area contributed by atoms with Gasteiger partial charge in [0.25, 0.3) is 5.91 Å². The van der Waals surface area contributed by atoms with Crippen molar-refractivity contribution in [1.82, 2.24) is 14.9 Å². The summed E-state index contributed by atoms with van der Waals surface area (Å²) in [5.41, 5.74) is 2.65. The summed E-state index contributed by atoms with van der Waals surface area (Å²) in [4.78, 5) is 16.5. The van der Waals surface area contributed by atoms with Crippen LogP contribution in [0.1, 0.15) is 39.8 Å². The van der Waals surface area contributed by atoms with E-state index in [0.717, 1.165) is 16.4 Å². The van der Waals surface area contributed by atoms with Gasteiger partial charge in [0, 0.05) is 18.1 Å². The summed E-state index contributed by atoms with van der Waals surface area (Å²) in [6, 6.07) is 3.70. The van der Waals surface area contributed by atoms with Crippen molar-refractivity contribution in [2.75, 3.05) is 0 Å². The molecule has 1 unspecified atom stereocenters. The first-order valence-corrected chi connectivity index (χ1v) is 6.72. The Morgan fingerprint density at radius 3 is 2.67 bits per heavy atom. The average Bonchev–Trinajstić information content (AvgIpc) is 2.87. The molecule has 2 heterocycles. The fraction of sp³-hybridized carbons (Fsp3) is 0.385. The normalized spacial score (nSPS) is 12.4. The molecule has 1 N–H and O–H groups in total. The Balaban J connectivity index is 2.10. The van der Waals surface area contributed by atoms with Crippen LogP contribution in [0.2, 0.25) is 0 Å². The molecule has 0 radical (unpaired) electrons. The van der Waals surface area contributed by atoms with Crippen molar-refractivity contribution in [1.29, 1.82) is 0 Å². The summed E-state index contributed by atoms with van der Waals surface area (Å²) in [5, 5.41) is 5.96. The van der Waals surface area contributed by atoms with Crippen molar-refractivity contribution in [3.63, 3.8) is 0 Å². The summed E-state index contributed by atoms with van der Waals surface area (Å²) >= 11 is 1.60. The van der Waals surface area contributed by atoms with Gasteiger partial charge in [-0.25, -0.2) is 4.98 Å². The number of hydrogen-bond donors (Lipinski definition) is 1. The maximum atomic E-state index is 12.1. The molecule has 0 saturated carbocycles. The van der Waals surface area contributed by atoms with E-state index in [9.17, 15) is 4.79 Å². The fourth-order valence-corrected chi connectivity index (χ4v) is 2.47. The largest absolute Gasteiger partial charge is 0.344 e. The van der Waals surface area contributed by atoms with E-state index in [4.69, 9.17) is 0 Å². The van der Waals surface area contributed by atoms with Crippen molar-refractivity contribution in [2.45, 2.75) is 26.8 Å². The Labute approximate surface area is 111 Å². The molecule has 0 aliphatic rings. The maximum Gasteiger partial charge on any atom is 0.268 e. The molecule has 1 amide bonds. The van der Waals surface area contributed by atoms with Crippen molar-refractivity contribution in [3.8, 4) is 0 Å². The summed E-state index contributed by atoms with van der Waals surface area (Å²) in [7, 11) is 1.89. The third-order valence-corrected chi connectivity index (χ3v) is 3.83. The van der Waals surface area contributed by atoms with Crippen molar-refractivity contribution in [3.05, 3.63) is 39.6 Å². The van der Waals surface area contributed by atoms with E-state index in [1.54, 1.807) is 11.3 Å². The fourth-order valence-electron chi connectivity index (χ4n) is 1.76. The molecule has 5 heteroatoms. The molecule has 0 saturated heterocycles. The molecule has 0 aliphatic carbocycles. The lowest BCUT2D eigenvalue weighted by molar-refractivity contribution is 0.0930. The first kappa shape index (κ1) is 12.8. The third-order valence-electron chi connectivity index (χ3n) is 3.03. The predicted molar refractivity (Wildman–Crippen MR) is 72.9 cm³/mol. The molecule has 1 atom stereocenters. The highest BCUT2D eigenvalue weighted by atomic mass is 32.1. The minimum Gasteiger partial charge on any atom is -0.344 e. The minimum atomic E-state index is -0.0716. The van der Waals surface area contributed by atoms with Gasteiger partial charge >= 0.3 is 0 Å². The number of amides is 1. The lowest BCUT2D eigenvalue weighted by Gasteiger charge is -2.12. The Morgan fingerprint density at radius 1 is 1.44 bits per heavy atom. The number of nitrogens with zero attached hydrogens (tertiary/aromatic N) is 2. The molecule has 0 bridgehead atoms. The van der Waals surface area contributed by atoms with Crippen LogP contribution in [-0.2, 0) is 7.05 Å². The van der Waals surface area contributed by atoms with Gasteiger partial charge in [-0.3, -0.25) is 4.79 Å². The minimum absolute atomic E-state index is 0.0660. The lowest BCUT2D eigenvalue weighted by Crippen LogP contribution is -2.28. The van der Waals surface area contributed by atoms with Crippen LogP contribution in [-0.4, -0.2) is 15.5 Å². The Morgan fingerprint density at radius 2 is 2.17 bits per heavy atom. The third kappa shape index (κ3) is 2.46. The predicted octanol–water partition coefficient (Wildman–Crippen LogP) is 2.59. The van der Waals surface area contributed by atoms with Crippen LogP contribution in [0.4, 0.5) is 0 Å². The van der Waals surface area contributed by atoms with Gasteiger partial charge in [-0.1, -0.05) is 0 Å². The molecule has 0 aromatic carbocycles. The van der Waals surface area contributed by atoms with E-state index in [-0.39, 0.29) is 11.9 Å². The van der Waals surface area contributed by atoms with Crippen molar-refractivity contribution < 1.29 is 4.79 Å². The Kier molecular flexibility index (Phi) is 3.52. The molecule has 0 spiro atoms. The zero-order valence-electron chi connectivity index (χ0n) is 11.0. The first-order chi connectivity index (χ1) is 8.49. The maximum absolute atomic E-state index is 12.1. The second kappa shape index (κ2) is 4.94. The van der Waals surface area contributed by atoms with Gasteiger partial charge in [-0.05, 0) is 32.9 Å². The van der Waals surface area contributed by atoms with E-state index in [2.05, 4.69) is 10.3 Å². The molecule has 4 nitrogen and oxygen atoms in total. The number of carbonyl (C=O) groups is 1. The molecule has 2 aromatic heterocycles. The molecule has 2 aromatic rings. The van der Waals surface area contributed by atoms with Crippen LogP contribution in [0, 0.1) is 13.8 Å². The van der Waals surface area contributed by atoms with Crippen LogP contribution >= 0.6 is 11.3 Å². The SMILES string of the molecule is Cc1nc(C(C)NC(=O)c2ccc(C)n2C)cs1. The van der Waals surface area contributed by atoms with Crippen molar-refractivity contribution in [2.24, 2.45) is 7.05 Å². The lowest BCUT2D eigenvalue weighted by atomic mass is 10.2. The van der Waals surface area contributed by atoms with Gasteiger partial charge in [0.05, 0.1) is 16.7 Å². The number of carbonyl (C=O) groups excluding carboxylic acids is 1. The molecular weight excluding hydrogens is 246 g/mol. The first-order valence-electron chi connectivity index (χ1n) is 5.84. The van der Waals surface area contributed by atoms with Crippen LogP contribution in [0.25, 0.3) is 0 Å². The van der Waals surface area contributed by atoms with E-state index in [0.29, 0.717) is 5.69 Å². The highest BCUT2D eigenvalue weighted by molar-refractivity contribution is 7.09. The topological polar surface area (TPSA) is 46.9 Å². The molecular formula is C13H17N3OS. The molecule has 0 fully saturated rings. The van der Waals surface area contributed by atoms with Crippen molar-refractivity contribution >= 4 is 17.2 Å². The number of aromatic nitrogens is 2. The summed E-state index contributed by atoms with van der Waals surface area (Å²) < 4.78 is 1.88. The zero-order chi connectivity index (χ0) is 13.3. The van der Waals surface area contributed by atoms with Crippen LogP contribution in [0.5, 0.6) is 0 Å².